The number of ether oxygens (including phenoxy) is 2. The first kappa shape index (κ1) is 48.5. The van der Waals surface area contributed by atoms with Gasteiger partial charge in [-0.3, -0.25) is 9.59 Å². The van der Waals surface area contributed by atoms with Crippen molar-refractivity contribution in [3.63, 3.8) is 0 Å². The average molecular weight is 847 g/mol. The predicted octanol–water partition coefficient (Wildman–Crippen LogP) is 11.8. The molecule has 4 aromatic rings. The van der Waals surface area contributed by atoms with Crippen LogP contribution >= 0.6 is 0 Å². The van der Waals surface area contributed by atoms with Crippen LogP contribution in [0.2, 0.25) is 0 Å². The summed E-state index contributed by atoms with van der Waals surface area (Å²) in [5.41, 5.74) is 13.2. The van der Waals surface area contributed by atoms with E-state index in [1.807, 2.05) is 36.4 Å². The third kappa shape index (κ3) is 16.6. The van der Waals surface area contributed by atoms with Crippen LogP contribution in [0.1, 0.15) is 158 Å². The number of unbranched alkanes of at least 4 members (excludes halogenated alkanes) is 11. The summed E-state index contributed by atoms with van der Waals surface area (Å²) in [6, 6.07) is 32.0. The number of aliphatic hydroxyl groups is 1. The quantitative estimate of drug-likeness (QED) is 0.0331. The summed E-state index contributed by atoms with van der Waals surface area (Å²) < 4.78 is 13.6. The van der Waals surface area contributed by atoms with E-state index >= 15 is 0 Å². The fourth-order valence-corrected chi connectivity index (χ4v) is 8.30. The lowest BCUT2D eigenvalue weighted by Crippen LogP contribution is -2.40. The number of hydrogen-bond donors (Lipinski definition) is 4. The van der Waals surface area contributed by atoms with E-state index in [-0.39, 0.29) is 30.6 Å². The van der Waals surface area contributed by atoms with Gasteiger partial charge in [0, 0.05) is 37.9 Å². The number of nitrogens with one attached hydrogen (secondary N) is 2. The van der Waals surface area contributed by atoms with Crippen molar-refractivity contribution in [2.45, 2.75) is 155 Å². The van der Waals surface area contributed by atoms with Crippen molar-refractivity contribution in [1.29, 1.82) is 0 Å². The Morgan fingerprint density at radius 3 is 1.94 bits per heavy atom. The minimum atomic E-state index is -0.521. The molecule has 0 aliphatic carbocycles. The Balaban J connectivity index is 1.20. The molecule has 336 valence electrons. The van der Waals surface area contributed by atoms with E-state index in [0.717, 1.165) is 59.4 Å². The molecule has 0 saturated carbocycles. The molecule has 9 heteroatoms. The van der Waals surface area contributed by atoms with E-state index in [0.29, 0.717) is 43.6 Å². The first-order valence-electron chi connectivity index (χ1n) is 23.7. The van der Waals surface area contributed by atoms with Crippen molar-refractivity contribution in [2.75, 3.05) is 30.7 Å². The standard InChI is InChI=1S/C53H74N4O5/c1-3-5-7-9-11-19-35-57(36-20-12-10-8-6-4-2)39-46-37-50(43-29-27-41(40-58)28-30-43)62-53(61-46)44-33-31-42(32-34-44)47-22-14-13-21-45(47)38-55-51(59)25-17-18-26-52(60)56-49-24-16-15-23-48(49)54/h13-16,21-24,27-34,46,50,53,58H,3-12,17-20,25-26,35-40,54H2,1-2H3,(H,55,59)(H,56,60). The van der Waals surface area contributed by atoms with Gasteiger partial charge in [0.2, 0.25) is 11.8 Å². The molecule has 1 aliphatic rings. The number of carbonyl (C=O) groups excluding carboxylic acids is 2. The molecule has 0 aromatic heterocycles. The molecule has 3 atom stereocenters. The smallest absolute Gasteiger partial charge is 0.224 e. The maximum atomic E-state index is 12.8. The normalized spacial score (nSPS) is 16.4. The largest absolute Gasteiger partial charge is 0.397 e. The van der Waals surface area contributed by atoms with Gasteiger partial charge in [0.1, 0.15) is 0 Å². The van der Waals surface area contributed by atoms with Crippen molar-refractivity contribution >= 4 is 23.2 Å². The summed E-state index contributed by atoms with van der Waals surface area (Å²) >= 11 is 0. The number of nitrogens with two attached hydrogens (primary N) is 1. The molecule has 2 amide bonds. The van der Waals surface area contributed by atoms with Gasteiger partial charge in [0.15, 0.2) is 6.29 Å². The summed E-state index contributed by atoms with van der Waals surface area (Å²) in [5.74, 6) is -0.149. The number of anilines is 2. The summed E-state index contributed by atoms with van der Waals surface area (Å²) in [6.45, 7) is 8.05. The number of nitrogens with zero attached hydrogens (tertiary/aromatic N) is 1. The zero-order valence-corrected chi connectivity index (χ0v) is 37.6. The van der Waals surface area contributed by atoms with E-state index < -0.39 is 6.29 Å². The van der Waals surface area contributed by atoms with Crippen LogP contribution in [-0.4, -0.2) is 47.6 Å². The Bertz CT molecular complexity index is 1870. The van der Waals surface area contributed by atoms with Crippen molar-refractivity contribution in [2.24, 2.45) is 0 Å². The average Bonchev–Trinajstić information content (AvgIpc) is 3.30. The first-order chi connectivity index (χ1) is 30.4. The zero-order chi connectivity index (χ0) is 43.8. The highest BCUT2D eigenvalue weighted by molar-refractivity contribution is 5.93. The number of nitrogen functional groups attached to an aromatic ring is 1. The maximum absolute atomic E-state index is 12.8. The van der Waals surface area contributed by atoms with Gasteiger partial charge in [-0.05, 0) is 78.7 Å². The highest BCUT2D eigenvalue weighted by Gasteiger charge is 2.33. The topological polar surface area (TPSA) is 126 Å². The van der Waals surface area contributed by atoms with Crippen molar-refractivity contribution < 1.29 is 24.2 Å². The maximum Gasteiger partial charge on any atom is 0.224 e. The van der Waals surface area contributed by atoms with Gasteiger partial charge in [-0.25, -0.2) is 0 Å². The van der Waals surface area contributed by atoms with Crippen molar-refractivity contribution in [3.8, 4) is 11.1 Å². The van der Waals surface area contributed by atoms with Crippen LogP contribution in [0.5, 0.6) is 0 Å². The van der Waals surface area contributed by atoms with Gasteiger partial charge in [0.05, 0.1) is 30.2 Å². The van der Waals surface area contributed by atoms with Gasteiger partial charge in [-0.15, -0.1) is 0 Å². The van der Waals surface area contributed by atoms with E-state index in [4.69, 9.17) is 15.2 Å². The minimum absolute atomic E-state index is 0.00581. The van der Waals surface area contributed by atoms with Crippen LogP contribution in [0.15, 0.2) is 97.1 Å². The van der Waals surface area contributed by atoms with E-state index in [9.17, 15) is 14.7 Å². The number of hydrogen-bond acceptors (Lipinski definition) is 7. The van der Waals surface area contributed by atoms with Crippen molar-refractivity contribution in [1.82, 2.24) is 10.2 Å². The predicted molar refractivity (Wildman–Crippen MR) is 253 cm³/mol. The molecular formula is C53H74N4O5. The molecule has 5 N–H and O–H groups in total. The second kappa shape index (κ2) is 27.5. The van der Waals surface area contributed by atoms with Crippen LogP contribution in [0, 0.1) is 0 Å². The number of benzene rings is 4. The summed E-state index contributed by atoms with van der Waals surface area (Å²) in [7, 11) is 0. The molecule has 0 radical (unpaired) electrons. The number of aliphatic hydroxyl groups excluding tert-OH is 1. The number of rotatable bonds is 28. The van der Waals surface area contributed by atoms with Crippen LogP contribution in [-0.2, 0) is 32.2 Å². The molecule has 3 unspecified atom stereocenters. The Kier molecular flexibility index (Phi) is 21.5. The monoisotopic (exact) mass is 847 g/mol. The third-order valence-corrected chi connectivity index (χ3v) is 12.0. The SMILES string of the molecule is CCCCCCCCN(CCCCCCCC)CC1CC(c2ccc(CO)cc2)OC(c2ccc(-c3ccccc3CNC(=O)CCCCC(=O)Nc3ccccc3N)cc2)O1. The Labute approximate surface area is 372 Å². The molecule has 62 heavy (non-hydrogen) atoms. The Morgan fingerprint density at radius 1 is 0.677 bits per heavy atom. The molecule has 1 heterocycles. The lowest BCUT2D eigenvalue weighted by molar-refractivity contribution is -0.253. The fourth-order valence-electron chi connectivity index (χ4n) is 8.30. The molecule has 9 nitrogen and oxygen atoms in total. The molecule has 0 spiro atoms. The van der Waals surface area contributed by atoms with Gasteiger partial charge >= 0.3 is 0 Å². The Hall–Kier alpha value is -4.54. The summed E-state index contributed by atoms with van der Waals surface area (Å²) in [5, 5.41) is 15.7. The number of carbonyl (C=O) groups is 2. The van der Waals surface area contributed by atoms with Crippen LogP contribution in [0.25, 0.3) is 11.1 Å². The van der Waals surface area contributed by atoms with E-state index in [2.05, 4.69) is 77.9 Å². The highest BCUT2D eigenvalue weighted by Crippen LogP contribution is 2.39. The summed E-state index contributed by atoms with van der Waals surface area (Å²) in [4.78, 5) is 27.9. The van der Waals surface area contributed by atoms with Gasteiger partial charge in [0.25, 0.3) is 0 Å². The van der Waals surface area contributed by atoms with Crippen LogP contribution in [0.4, 0.5) is 11.4 Å². The molecule has 1 aliphatic heterocycles. The second-order valence-electron chi connectivity index (χ2n) is 17.1. The van der Waals surface area contributed by atoms with Gasteiger partial charge in [-0.2, -0.15) is 0 Å². The molecule has 0 bridgehead atoms. The second-order valence-corrected chi connectivity index (χ2v) is 17.1. The van der Waals surface area contributed by atoms with Crippen molar-refractivity contribution in [3.05, 3.63) is 119 Å². The lowest BCUT2D eigenvalue weighted by Gasteiger charge is -2.38. The third-order valence-electron chi connectivity index (χ3n) is 12.0. The van der Waals surface area contributed by atoms with Gasteiger partial charge in [-0.1, -0.05) is 163 Å². The van der Waals surface area contributed by atoms with E-state index in [1.165, 1.54) is 77.0 Å². The Morgan fingerprint density at radius 2 is 1.27 bits per heavy atom. The fraction of sp³-hybridized carbons (Fsp3) is 0.509. The molecule has 5 rings (SSSR count). The van der Waals surface area contributed by atoms with E-state index in [1.54, 1.807) is 12.1 Å². The first-order valence-corrected chi connectivity index (χ1v) is 23.7. The zero-order valence-electron chi connectivity index (χ0n) is 37.6. The highest BCUT2D eigenvalue weighted by atomic mass is 16.7. The van der Waals surface area contributed by atoms with Gasteiger partial charge < -0.3 is 35.8 Å². The summed E-state index contributed by atoms with van der Waals surface area (Å²) in [6.07, 6.45) is 17.5. The molecule has 1 saturated heterocycles. The van der Waals surface area contributed by atoms with Crippen LogP contribution < -0.4 is 16.4 Å². The molecular weight excluding hydrogens is 773 g/mol. The lowest BCUT2D eigenvalue weighted by atomic mass is 9.97. The number of para-hydroxylation sites is 2. The number of amides is 2. The minimum Gasteiger partial charge on any atom is -0.397 e. The molecule has 1 fully saturated rings. The molecule has 4 aromatic carbocycles. The van der Waals surface area contributed by atoms with Crippen LogP contribution in [0.3, 0.4) is 0 Å².